The molecule has 1 aliphatic heterocycles. The number of carbonyl (C=O) groups is 1. The smallest absolute Gasteiger partial charge is 0.319 e. The number of rotatable bonds is 4. The lowest BCUT2D eigenvalue weighted by molar-refractivity contribution is -0.0356. The van der Waals surface area contributed by atoms with Crippen LogP contribution in [-0.4, -0.2) is 49.3 Å². The number of benzene rings is 1. The third-order valence-corrected chi connectivity index (χ3v) is 5.36. The Morgan fingerprint density at radius 2 is 1.96 bits per heavy atom. The summed E-state index contributed by atoms with van der Waals surface area (Å²) in [6.07, 6.45) is 6.04. The van der Waals surface area contributed by atoms with Crippen LogP contribution >= 0.6 is 11.6 Å². The predicted octanol–water partition coefficient (Wildman–Crippen LogP) is 3.50. The topological polar surface area (TPSA) is 53.6 Å². The Bertz CT molecular complexity index is 555. The average molecular weight is 352 g/mol. The van der Waals surface area contributed by atoms with E-state index in [1.807, 2.05) is 12.1 Å². The summed E-state index contributed by atoms with van der Waals surface area (Å²) in [5, 5.41) is 6.56. The van der Waals surface area contributed by atoms with Gasteiger partial charge in [0.15, 0.2) is 0 Å². The molecule has 1 aromatic rings. The van der Waals surface area contributed by atoms with Crippen LogP contribution in [0, 0.1) is 0 Å². The van der Waals surface area contributed by atoms with Crippen LogP contribution in [0.3, 0.4) is 0 Å². The largest absolute Gasteiger partial charge is 0.379 e. The van der Waals surface area contributed by atoms with Gasteiger partial charge in [0.1, 0.15) is 0 Å². The standard InChI is InChI=1S/C18H26ClN3O2/c19-15-5-4-6-16(13-15)21-17(23)20-14-18(7-2-1-3-8-18)22-9-11-24-12-10-22/h4-6,13H,1-3,7-12,14H2,(H2,20,21,23). The van der Waals surface area contributed by atoms with Gasteiger partial charge in [0.2, 0.25) is 0 Å². The third kappa shape index (κ3) is 4.41. The third-order valence-electron chi connectivity index (χ3n) is 5.13. The molecule has 3 rings (SSSR count). The Morgan fingerprint density at radius 1 is 1.21 bits per heavy atom. The minimum atomic E-state index is -0.171. The molecule has 0 bridgehead atoms. The lowest BCUT2D eigenvalue weighted by Gasteiger charge is -2.48. The lowest BCUT2D eigenvalue weighted by Crippen LogP contribution is -2.60. The molecule has 2 N–H and O–H groups in total. The second kappa shape index (κ2) is 8.19. The number of urea groups is 1. The molecular weight excluding hydrogens is 326 g/mol. The van der Waals surface area contributed by atoms with Crippen molar-refractivity contribution in [2.45, 2.75) is 37.6 Å². The number of anilines is 1. The van der Waals surface area contributed by atoms with Crippen molar-refractivity contribution in [3.8, 4) is 0 Å². The fourth-order valence-electron chi connectivity index (χ4n) is 3.84. The molecule has 0 aromatic heterocycles. The first kappa shape index (κ1) is 17.5. The number of ether oxygens (including phenoxy) is 1. The predicted molar refractivity (Wildman–Crippen MR) is 96.7 cm³/mol. The van der Waals surface area contributed by atoms with E-state index in [2.05, 4.69) is 15.5 Å². The van der Waals surface area contributed by atoms with Crippen LogP contribution in [-0.2, 0) is 4.74 Å². The van der Waals surface area contributed by atoms with E-state index in [4.69, 9.17) is 16.3 Å². The van der Waals surface area contributed by atoms with E-state index in [1.165, 1.54) is 19.3 Å². The minimum Gasteiger partial charge on any atom is -0.379 e. The molecule has 0 unspecified atom stereocenters. The van der Waals surface area contributed by atoms with Gasteiger partial charge in [-0.3, -0.25) is 4.90 Å². The summed E-state index contributed by atoms with van der Waals surface area (Å²) in [4.78, 5) is 14.8. The highest BCUT2D eigenvalue weighted by Gasteiger charge is 2.38. The van der Waals surface area contributed by atoms with Crippen molar-refractivity contribution < 1.29 is 9.53 Å². The Hall–Kier alpha value is -1.30. The molecule has 1 aliphatic carbocycles. The average Bonchev–Trinajstić information content (AvgIpc) is 2.62. The fourth-order valence-corrected chi connectivity index (χ4v) is 4.03. The highest BCUT2D eigenvalue weighted by Crippen LogP contribution is 2.33. The van der Waals surface area contributed by atoms with Crippen molar-refractivity contribution in [1.29, 1.82) is 0 Å². The number of hydrogen-bond donors (Lipinski definition) is 2. The highest BCUT2D eigenvalue weighted by molar-refractivity contribution is 6.30. The quantitative estimate of drug-likeness (QED) is 0.873. The maximum Gasteiger partial charge on any atom is 0.319 e. The van der Waals surface area contributed by atoms with Gasteiger partial charge in [-0.15, -0.1) is 0 Å². The Labute approximate surface area is 148 Å². The van der Waals surface area contributed by atoms with Gasteiger partial charge in [0.05, 0.1) is 13.2 Å². The van der Waals surface area contributed by atoms with Crippen molar-refractivity contribution in [1.82, 2.24) is 10.2 Å². The molecule has 2 fully saturated rings. The lowest BCUT2D eigenvalue weighted by atomic mass is 9.80. The molecule has 132 valence electrons. The maximum absolute atomic E-state index is 12.3. The number of morpholine rings is 1. The van der Waals surface area contributed by atoms with Gasteiger partial charge < -0.3 is 15.4 Å². The van der Waals surface area contributed by atoms with Crippen molar-refractivity contribution in [3.63, 3.8) is 0 Å². The van der Waals surface area contributed by atoms with E-state index in [0.29, 0.717) is 17.3 Å². The van der Waals surface area contributed by atoms with Gasteiger partial charge in [0, 0.05) is 35.9 Å². The first-order chi connectivity index (χ1) is 11.7. The Morgan fingerprint density at radius 3 is 2.67 bits per heavy atom. The van der Waals surface area contributed by atoms with Gasteiger partial charge in [-0.25, -0.2) is 4.79 Å². The zero-order valence-corrected chi connectivity index (χ0v) is 14.8. The molecule has 0 atom stereocenters. The van der Waals surface area contributed by atoms with Crippen molar-refractivity contribution in [3.05, 3.63) is 29.3 Å². The molecule has 1 saturated carbocycles. The second-order valence-corrected chi connectivity index (χ2v) is 7.14. The summed E-state index contributed by atoms with van der Waals surface area (Å²) in [6, 6.07) is 7.04. The van der Waals surface area contributed by atoms with Crippen molar-refractivity contribution >= 4 is 23.3 Å². The number of carbonyl (C=O) groups excluding carboxylic acids is 1. The van der Waals surface area contributed by atoms with Crippen LogP contribution in [0.5, 0.6) is 0 Å². The molecule has 6 heteroatoms. The molecule has 1 aromatic carbocycles. The van der Waals surface area contributed by atoms with E-state index in [9.17, 15) is 4.79 Å². The van der Waals surface area contributed by atoms with E-state index in [1.54, 1.807) is 12.1 Å². The van der Waals surface area contributed by atoms with Crippen LogP contribution in [0.15, 0.2) is 24.3 Å². The van der Waals surface area contributed by atoms with Gasteiger partial charge in [0.25, 0.3) is 0 Å². The number of halogens is 1. The summed E-state index contributed by atoms with van der Waals surface area (Å²) in [5.41, 5.74) is 0.789. The number of nitrogens with one attached hydrogen (secondary N) is 2. The van der Waals surface area contributed by atoms with Gasteiger partial charge in [-0.1, -0.05) is 36.9 Å². The minimum absolute atomic E-state index is 0.0771. The Kier molecular flexibility index (Phi) is 5.98. The van der Waals surface area contributed by atoms with Gasteiger partial charge in [-0.2, -0.15) is 0 Å². The SMILES string of the molecule is O=C(NCC1(N2CCOCC2)CCCCC1)Nc1cccc(Cl)c1. The molecular formula is C18H26ClN3O2. The summed E-state index contributed by atoms with van der Waals surface area (Å²) >= 11 is 5.96. The second-order valence-electron chi connectivity index (χ2n) is 6.70. The number of nitrogens with zero attached hydrogens (tertiary/aromatic N) is 1. The van der Waals surface area contributed by atoms with Crippen molar-refractivity contribution in [2.24, 2.45) is 0 Å². The van der Waals surface area contributed by atoms with Crippen LogP contribution in [0.4, 0.5) is 10.5 Å². The monoisotopic (exact) mass is 351 g/mol. The zero-order valence-electron chi connectivity index (χ0n) is 14.0. The first-order valence-electron chi connectivity index (χ1n) is 8.81. The Balaban J connectivity index is 1.59. The van der Waals surface area contributed by atoms with Gasteiger partial charge in [-0.05, 0) is 31.0 Å². The summed E-state index contributed by atoms with van der Waals surface area (Å²) in [7, 11) is 0. The van der Waals surface area contributed by atoms with Crippen LogP contribution < -0.4 is 10.6 Å². The highest BCUT2D eigenvalue weighted by atomic mass is 35.5. The molecule has 0 radical (unpaired) electrons. The van der Waals surface area contributed by atoms with Crippen LogP contribution in [0.1, 0.15) is 32.1 Å². The van der Waals surface area contributed by atoms with Crippen LogP contribution in [0.2, 0.25) is 5.02 Å². The maximum atomic E-state index is 12.3. The molecule has 24 heavy (non-hydrogen) atoms. The molecule has 1 heterocycles. The van der Waals surface area contributed by atoms with E-state index in [-0.39, 0.29) is 11.6 Å². The molecule has 2 amide bonds. The van der Waals surface area contributed by atoms with Crippen molar-refractivity contribution in [2.75, 3.05) is 38.2 Å². The zero-order chi connectivity index (χ0) is 16.8. The van der Waals surface area contributed by atoms with Gasteiger partial charge >= 0.3 is 6.03 Å². The summed E-state index contributed by atoms with van der Waals surface area (Å²) in [5.74, 6) is 0. The first-order valence-corrected chi connectivity index (χ1v) is 9.19. The number of hydrogen-bond acceptors (Lipinski definition) is 3. The molecule has 1 saturated heterocycles. The fraction of sp³-hybridized carbons (Fsp3) is 0.611. The van der Waals surface area contributed by atoms with E-state index < -0.39 is 0 Å². The molecule has 2 aliphatic rings. The summed E-state index contributed by atoms with van der Waals surface area (Å²) in [6.45, 7) is 4.17. The van der Waals surface area contributed by atoms with E-state index >= 15 is 0 Å². The molecule has 5 nitrogen and oxygen atoms in total. The van der Waals surface area contributed by atoms with Crippen LogP contribution in [0.25, 0.3) is 0 Å². The number of amides is 2. The molecule has 0 spiro atoms. The normalized spacial score (nSPS) is 21.2. The van der Waals surface area contributed by atoms with E-state index in [0.717, 1.165) is 39.1 Å². The summed E-state index contributed by atoms with van der Waals surface area (Å²) < 4.78 is 5.50.